The fourth-order valence-corrected chi connectivity index (χ4v) is 20.9. The molecule has 0 aliphatic carbocycles. The predicted molar refractivity (Wildman–Crippen MR) is 553 cm³/mol. The van der Waals surface area contributed by atoms with Gasteiger partial charge in [-0.3, -0.25) is 0 Å². The van der Waals surface area contributed by atoms with E-state index in [1.807, 2.05) is 0 Å². The van der Waals surface area contributed by atoms with Crippen LogP contribution in [0.2, 0.25) is 0 Å². The van der Waals surface area contributed by atoms with Crippen LogP contribution in [0.5, 0.6) is 0 Å². The van der Waals surface area contributed by atoms with Gasteiger partial charge in [-0.25, -0.2) is 9.97 Å². The first-order valence-corrected chi connectivity index (χ1v) is 45.2. The Morgan fingerprint density at radius 1 is 0.106 bits per heavy atom. The number of fused-ring (bicyclic) bond motifs is 18. The van der Waals surface area contributed by atoms with Gasteiger partial charge in [0.25, 0.3) is 0 Å². The van der Waals surface area contributed by atoms with Crippen molar-refractivity contribution >= 4 is 131 Å². The Balaban J connectivity index is 0.000000139. The number of pyridine rings is 2. The topological polar surface area (TPSA) is 55.4 Å². The quantitative estimate of drug-likeness (QED) is 0.116. The molecule has 0 atom stereocenters. The van der Waals surface area contributed by atoms with Crippen molar-refractivity contribution in [3.8, 4) is 113 Å². The van der Waals surface area contributed by atoms with Crippen molar-refractivity contribution in [1.82, 2.24) is 37.4 Å². The number of hydrogen-bond acceptors (Lipinski definition) is 2. The lowest BCUT2D eigenvalue weighted by atomic mass is 9.97. The highest BCUT2D eigenvalue weighted by Gasteiger charge is 2.24. The summed E-state index contributed by atoms with van der Waals surface area (Å²) >= 11 is 0. The van der Waals surface area contributed by atoms with Crippen LogP contribution in [0.1, 0.15) is 0 Å². The van der Waals surface area contributed by atoms with E-state index in [1.165, 1.54) is 131 Å². The Hall–Kier alpha value is -17.7. The molecule has 0 bridgehead atoms. The van der Waals surface area contributed by atoms with Crippen molar-refractivity contribution in [3.05, 3.63) is 485 Å². The first-order valence-electron chi connectivity index (χ1n) is 45.2. The zero-order valence-corrected chi connectivity index (χ0v) is 71.8. The van der Waals surface area contributed by atoms with Gasteiger partial charge in [0.2, 0.25) is 0 Å². The van der Waals surface area contributed by atoms with E-state index in [0.717, 1.165) is 113 Å². The Kier molecular flexibility index (Phi) is 17.8. The Bertz CT molecular complexity index is 8680. The maximum absolute atomic E-state index is 5.39. The summed E-state index contributed by atoms with van der Waals surface area (Å²) in [7, 11) is 0. The van der Waals surface area contributed by atoms with Crippen LogP contribution < -0.4 is 0 Å². The summed E-state index contributed by atoms with van der Waals surface area (Å²) in [6, 6.07) is 176. The fraction of sp³-hybridized carbons (Fsp3) is 0. The zero-order valence-electron chi connectivity index (χ0n) is 71.8. The second-order valence-corrected chi connectivity index (χ2v) is 34.4. The van der Waals surface area contributed by atoms with Gasteiger partial charge in [-0.2, -0.15) is 0 Å². The highest BCUT2D eigenvalue weighted by molar-refractivity contribution is 6.15. The van der Waals surface area contributed by atoms with E-state index >= 15 is 0 Å². The number of para-hydroxylation sites is 12. The predicted octanol–water partition coefficient (Wildman–Crippen LogP) is 32.4. The maximum Gasteiger partial charge on any atom is 0.0715 e. The second-order valence-electron chi connectivity index (χ2n) is 34.4. The SMILES string of the molecule is c1ccc(-c2cc(-c3cc(-n4c5ccccc5c5ccccc54)cc(-n4c5ccccc5c5ccccc54)c3)cc(-c3ccc(-c4ccc(-n5c6ccccc6c6ccccc65)cc4)cc3)n2)cc1.c1ccc(-c2cc(-c3cc(-n4c5ccccc5c5ccccc54)cc(-n4c5ccccc5c5ccccc54)c3)cc(-c3ccc(-n4c5ccccc5c5ccccc54)cc3)n2)cc1. The summed E-state index contributed by atoms with van der Waals surface area (Å²) in [6.45, 7) is 0. The molecule has 0 amide bonds. The first kappa shape index (κ1) is 75.6. The molecule has 0 fully saturated rings. The van der Waals surface area contributed by atoms with E-state index in [2.05, 4.69) is 513 Å². The molecule has 0 saturated heterocycles. The Labute approximate surface area is 760 Å². The molecule has 8 heteroatoms. The third-order valence-electron chi connectivity index (χ3n) is 26.8. The van der Waals surface area contributed by atoms with Crippen molar-refractivity contribution in [3.63, 3.8) is 0 Å². The highest BCUT2D eigenvalue weighted by Crippen LogP contribution is 2.45. The Morgan fingerprint density at radius 3 is 0.470 bits per heavy atom. The van der Waals surface area contributed by atoms with Gasteiger partial charge in [-0.1, -0.05) is 328 Å². The Morgan fingerprint density at radius 2 is 0.258 bits per heavy atom. The van der Waals surface area contributed by atoms with Gasteiger partial charge < -0.3 is 27.4 Å². The minimum Gasteiger partial charge on any atom is -0.309 e. The molecule has 8 nitrogen and oxygen atoms in total. The normalized spacial score (nSPS) is 11.8. The first-order chi connectivity index (χ1) is 65.5. The lowest BCUT2D eigenvalue weighted by molar-refractivity contribution is 1.13. The molecule has 0 aliphatic rings. The van der Waals surface area contributed by atoms with Gasteiger partial charge >= 0.3 is 0 Å². The number of aromatic nitrogens is 8. The molecule has 27 aromatic rings. The molecular formula is C124H80N8. The second kappa shape index (κ2) is 31.1. The van der Waals surface area contributed by atoms with E-state index in [4.69, 9.17) is 9.97 Å². The minimum atomic E-state index is 0.917. The van der Waals surface area contributed by atoms with Crippen molar-refractivity contribution in [2.75, 3.05) is 0 Å². The zero-order chi connectivity index (χ0) is 86.9. The molecule has 19 aromatic carbocycles. The molecular weight excluding hydrogens is 1600 g/mol. The number of benzene rings is 19. The molecule has 0 N–H and O–H groups in total. The van der Waals surface area contributed by atoms with E-state index < -0.39 is 0 Å². The van der Waals surface area contributed by atoms with E-state index in [0.29, 0.717) is 0 Å². The minimum absolute atomic E-state index is 0.917. The highest BCUT2D eigenvalue weighted by atomic mass is 15.0. The molecule has 27 rings (SSSR count). The third-order valence-corrected chi connectivity index (χ3v) is 26.8. The van der Waals surface area contributed by atoms with Gasteiger partial charge in [-0.05, 0) is 191 Å². The summed E-state index contributed by atoms with van der Waals surface area (Å²) in [5.74, 6) is 0. The summed E-state index contributed by atoms with van der Waals surface area (Å²) in [5.41, 5.74) is 35.5. The average Bonchev–Trinajstić information content (AvgIpc) is 1.55. The number of nitrogens with zero attached hydrogens (tertiary/aromatic N) is 8. The molecule has 0 aliphatic heterocycles. The van der Waals surface area contributed by atoms with Crippen LogP contribution in [0.4, 0.5) is 0 Å². The molecule has 0 spiro atoms. The molecule has 616 valence electrons. The summed E-state index contributed by atoms with van der Waals surface area (Å²) < 4.78 is 14.5. The van der Waals surface area contributed by atoms with Crippen LogP contribution in [0.15, 0.2) is 485 Å². The van der Waals surface area contributed by atoms with Crippen LogP contribution in [0, 0.1) is 0 Å². The largest absolute Gasteiger partial charge is 0.309 e. The van der Waals surface area contributed by atoms with Crippen LogP contribution in [0.25, 0.3) is 243 Å². The van der Waals surface area contributed by atoms with Crippen molar-refractivity contribution < 1.29 is 0 Å². The number of hydrogen-bond donors (Lipinski definition) is 0. The van der Waals surface area contributed by atoms with Gasteiger partial charge in [0.1, 0.15) is 0 Å². The molecule has 132 heavy (non-hydrogen) atoms. The summed E-state index contributed by atoms with van der Waals surface area (Å²) in [4.78, 5) is 10.8. The molecule has 0 saturated carbocycles. The fourth-order valence-electron chi connectivity index (χ4n) is 20.9. The van der Waals surface area contributed by atoms with Crippen molar-refractivity contribution in [2.45, 2.75) is 0 Å². The van der Waals surface area contributed by atoms with Crippen molar-refractivity contribution in [1.29, 1.82) is 0 Å². The van der Waals surface area contributed by atoms with Crippen LogP contribution in [-0.4, -0.2) is 37.4 Å². The standard InChI is InChI=1S/C65H42N4.C59H38N4/c1-2-16-45(17-3-1)58-40-48(41-59(66-58)46-32-30-43(31-33-46)44-34-36-49(37-35-44)67-60-24-10-4-18-52(60)53-19-5-11-25-61(53)67)47-38-50(68-62-26-12-6-20-54(62)55-21-7-13-27-63(55)68)42-51(39-47)69-64-28-14-8-22-56(64)57-23-9-15-29-65(57)69;1-2-16-39(17-3-1)52-36-42(37-53(60-52)40-30-32-43(33-31-40)61-54-24-10-4-18-46(54)47-19-5-11-25-55(47)61)41-34-44(62-56-26-12-6-20-48(56)49-21-7-13-27-57(49)62)38-45(35-41)63-58-28-14-8-22-50(58)51-23-9-15-29-59(51)63/h1-42H;1-38H. The third kappa shape index (κ3) is 12.6. The van der Waals surface area contributed by atoms with Gasteiger partial charge in [0.05, 0.1) is 89.0 Å². The molecule has 0 unspecified atom stereocenters. The lowest BCUT2D eigenvalue weighted by Crippen LogP contribution is -2.00. The molecule has 8 heterocycles. The lowest BCUT2D eigenvalue weighted by Gasteiger charge is -2.17. The number of rotatable bonds is 13. The van der Waals surface area contributed by atoms with Crippen LogP contribution in [0.3, 0.4) is 0 Å². The van der Waals surface area contributed by atoms with Gasteiger partial charge in [0, 0.05) is 121 Å². The summed E-state index contributed by atoms with van der Waals surface area (Å²) in [5, 5.41) is 14.9. The van der Waals surface area contributed by atoms with Crippen molar-refractivity contribution in [2.24, 2.45) is 0 Å². The van der Waals surface area contributed by atoms with E-state index in [9.17, 15) is 0 Å². The average molecular weight is 1680 g/mol. The van der Waals surface area contributed by atoms with E-state index in [1.54, 1.807) is 0 Å². The summed E-state index contributed by atoms with van der Waals surface area (Å²) in [6.07, 6.45) is 0. The monoisotopic (exact) mass is 1680 g/mol. The van der Waals surface area contributed by atoms with E-state index in [-0.39, 0.29) is 0 Å². The molecule has 0 radical (unpaired) electrons. The van der Waals surface area contributed by atoms with Gasteiger partial charge in [-0.15, -0.1) is 0 Å². The maximum atomic E-state index is 5.39. The van der Waals surface area contributed by atoms with Gasteiger partial charge in [0.15, 0.2) is 0 Å². The van der Waals surface area contributed by atoms with Crippen LogP contribution in [-0.2, 0) is 0 Å². The molecule has 8 aromatic heterocycles. The smallest absolute Gasteiger partial charge is 0.0715 e. The van der Waals surface area contributed by atoms with Crippen LogP contribution >= 0.6 is 0 Å².